The zero-order chi connectivity index (χ0) is 26.9. The quantitative estimate of drug-likeness (QED) is 0.237. The molecule has 0 radical (unpaired) electrons. The SMILES string of the molecule is C=C(F)C(=O)N1CC(C(=N)c2c(-c3cnn(C(F)F)c3)ccnc2Nc2ccc(OC(F)(F)F)cc2)C1. The minimum atomic E-state index is -4.86. The molecule has 1 saturated heterocycles. The van der Waals surface area contributed by atoms with E-state index in [1.807, 2.05) is 0 Å². The van der Waals surface area contributed by atoms with Gasteiger partial charge in [-0.25, -0.2) is 14.1 Å². The van der Waals surface area contributed by atoms with Crippen molar-refractivity contribution in [3.63, 3.8) is 0 Å². The molecule has 0 saturated carbocycles. The summed E-state index contributed by atoms with van der Waals surface area (Å²) in [6.07, 6.45) is -1.22. The van der Waals surface area contributed by atoms with E-state index in [1.54, 1.807) is 0 Å². The van der Waals surface area contributed by atoms with Gasteiger partial charge in [0.15, 0.2) is 5.83 Å². The van der Waals surface area contributed by atoms with Gasteiger partial charge in [-0.15, -0.1) is 13.2 Å². The molecule has 0 atom stereocenters. The van der Waals surface area contributed by atoms with Gasteiger partial charge in [0.25, 0.3) is 5.91 Å². The van der Waals surface area contributed by atoms with Crippen molar-refractivity contribution in [2.75, 3.05) is 18.4 Å². The Morgan fingerprint density at radius 3 is 2.43 bits per heavy atom. The molecule has 3 heterocycles. The Morgan fingerprint density at radius 1 is 1.19 bits per heavy atom. The monoisotopic (exact) mass is 524 g/mol. The predicted molar refractivity (Wildman–Crippen MR) is 120 cm³/mol. The number of hydrogen-bond acceptors (Lipinski definition) is 6. The highest BCUT2D eigenvalue weighted by molar-refractivity contribution is 6.10. The highest BCUT2D eigenvalue weighted by Gasteiger charge is 2.37. The number of halogens is 6. The molecule has 2 N–H and O–H groups in total. The largest absolute Gasteiger partial charge is 0.573 e. The highest BCUT2D eigenvalue weighted by Crippen LogP contribution is 2.35. The van der Waals surface area contributed by atoms with Crippen molar-refractivity contribution >= 4 is 23.1 Å². The third-order valence-corrected chi connectivity index (χ3v) is 5.49. The fraction of sp³-hybridized carbons (Fsp3) is 0.217. The molecule has 1 aliphatic rings. The van der Waals surface area contributed by atoms with Crippen LogP contribution in [0, 0.1) is 11.3 Å². The van der Waals surface area contributed by atoms with Crippen molar-refractivity contribution in [2.24, 2.45) is 5.92 Å². The Hall–Kier alpha value is -4.36. The Morgan fingerprint density at radius 2 is 1.86 bits per heavy atom. The van der Waals surface area contributed by atoms with Gasteiger partial charge in [-0.1, -0.05) is 6.58 Å². The molecule has 2 aromatic heterocycles. The number of rotatable bonds is 8. The van der Waals surface area contributed by atoms with E-state index in [1.165, 1.54) is 35.5 Å². The van der Waals surface area contributed by atoms with E-state index >= 15 is 0 Å². The maximum Gasteiger partial charge on any atom is 0.573 e. The van der Waals surface area contributed by atoms with Crippen LogP contribution in [-0.4, -0.2) is 50.7 Å². The molecule has 0 unspecified atom stereocenters. The first-order valence-corrected chi connectivity index (χ1v) is 10.6. The smallest absolute Gasteiger partial charge is 0.406 e. The van der Waals surface area contributed by atoms with Crippen LogP contribution in [0.1, 0.15) is 12.1 Å². The number of aromatic nitrogens is 3. The highest BCUT2D eigenvalue weighted by atomic mass is 19.4. The van der Waals surface area contributed by atoms with E-state index in [0.29, 0.717) is 15.9 Å². The molecule has 1 fully saturated rings. The molecule has 1 aromatic carbocycles. The van der Waals surface area contributed by atoms with Crippen molar-refractivity contribution in [1.82, 2.24) is 19.7 Å². The number of nitrogens with zero attached hydrogens (tertiary/aromatic N) is 4. The van der Waals surface area contributed by atoms with Gasteiger partial charge in [-0.05, 0) is 35.9 Å². The lowest BCUT2D eigenvalue weighted by atomic mass is 9.86. The Kier molecular flexibility index (Phi) is 6.92. The molecule has 8 nitrogen and oxygen atoms in total. The summed E-state index contributed by atoms with van der Waals surface area (Å²) in [5.74, 6) is -2.89. The van der Waals surface area contributed by atoms with Crippen molar-refractivity contribution in [3.05, 3.63) is 66.9 Å². The number of amides is 1. The van der Waals surface area contributed by atoms with Gasteiger partial charge >= 0.3 is 12.9 Å². The number of ether oxygens (including phenoxy) is 1. The topological polar surface area (TPSA) is 96.1 Å². The van der Waals surface area contributed by atoms with Gasteiger partial charge in [-0.3, -0.25) is 4.79 Å². The van der Waals surface area contributed by atoms with E-state index in [2.05, 4.69) is 26.7 Å². The summed E-state index contributed by atoms with van der Waals surface area (Å²) >= 11 is 0. The molecule has 1 amide bonds. The second kappa shape index (κ2) is 9.95. The normalized spacial score (nSPS) is 13.9. The third-order valence-electron chi connectivity index (χ3n) is 5.49. The predicted octanol–water partition coefficient (Wildman–Crippen LogP) is 5.29. The number of benzene rings is 1. The summed E-state index contributed by atoms with van der Waals surface area (Å²) in [6.45, 7) is 0.119. The molecule has 1 aliphatic heterocycles. The van der Waals surface area contributed by atoms with Gasteiger partial charge in [0.05, 0.1) is 6.20 Å². The summed E-state index contributed by atoms with van der Waals surface area (Å²) in [7, 11) is 0. The lowest BCUT2D eigenvalue weighted by Crippen LogP contribution is -2.53. The fourth-order valence-electron chi connectivity index (χ4n) is 3.73. The number of anilines is 2. The molecule has 4 rings (SSSR count). The third kappa shape index (κ3) is 5.73. The number of nitrogens with one attached hydrogen (secondary N) is 2. The number of alkyl halides is 5. The van der Waals surface area contributed by atoms with Crippen LogP contribution >= 0.6 is 0 Å². The number of carbonyl (C=O) groups is 1. The fourth-order valence-corrected chi connectivity index (χ4v) is 3.73. The van der Waals surface area contributed by atoms with Crippen molar-refractivity contribution in [3.8, 4) is 16.9 Å². The molecule has 0 bridgehead atoms. The molecule has 3 aromatic rings. The van der Waals surface area contributed by atoms with E-state index in [0.717, 1.165) is 18.3 Å². The van der Waals surface area contributed by atoms with Crippen LogP contribution in [0.5, 0.6) is 5.75 Å². The minimum Gasteiger partial charge on any atom is -0.406 e. The van der Waals surface area contributed by atoms with Crippen LogP contribution in [0.2, 0.25) is 0 Å². The number of carbonyl (C=O) groups excluding carboxylic acids is 1. The first kappa shape index (κ1) is 25.7. The van der Waals surface area contributed by atoms with Gasteiger partial charge in [0, 0.05) is 53.9 Å². The second-order valence-corrected chi connectivity index (χ2v) is 7.99. The summed E-state index contributed by atoms with van der Waals surface area (Å²) in [4.78, 5) is 17.2. The van der Waals surface area contributed by atoms with E-state index in [9.17, 15) is 31.1 Å². The molecule has 194 valence electrons. The first-order valence-electron chi connectivity index (χ1n) is 10.6. The van der Waals surface area contributed by atoms with Crippen LogP contribution < -0.4 is 10.1 Å². The van der Waals surface area contributed by atoms with Gasteiger partial charge in [-0.2, -0.15) is 13.9 Å². The van der Waals surface area contributed by atoms with Gasteiger partial charge in [0.2, 0.25) is 0 Å². The molecular weight excluding hydrogens is 506 g/mol. The Labute approximate surface area is 205 Å². The van der Waals surface area contributed by atoms with E-state index < -0.39 is 36.3 Å². The average molecular weight is 524 g/mol. The molecular formula is C23H18F6N6O2. The zero-order valence-corrected chi connectivity index (χ0v) is 18.8. The number of likely N-dealkylation sites (tertiary alicyclic amines) is 1. The number of pyridine rings is 1. The van der Waals surface area contributed by atoms with Crippen LogP contribution in [-0.2, 0) is 4.79 Å². The first-order chi connectivity index (χ1) is 17.4. The zero-order valence-electron chi connectivity index (χ0n) is 18.8. The Bertz CT molecular complexity index is 1330. The Balaban J connectivity index is 1.67. The van der Waals surface area contributed by atoms with E-state index in [4.69, 9.17) is 5.41 Å². The van der Waals surface area contributed by atoms with Crippen molar-refractivity contribution in [1.29, 1.82) is 5.41 Å². The van der Waals surface area contributed by atoms with Crippen LogP contribution in [0.4, 0.5) is 37.8 Å². The minimum absolute atomic E-state index is 0.0130. The van der Waals surface area contributed by atoms with Crippen LogP contribution in [0.3, 0.4) is 0 Å². The second-order valence-electron chi connectivity index (χ2n) is 7.99. The van der Waals surface area contributed by atoms with Gasteiger partial charge in [0.1, 0.15) is 11.6 Å². The van der Waals surface area contributed by atoms with Crippen molar-refractivity contribution < 1.29 is 35.9 Å². The van der Waals surface area contributed by atoms with Gasteiger partial charge < -0.3 is 20.4 Å². The molecule has 0 aliphatic carbocycles. The maximum atomic E-state index is 13.2. The molecule has 14 heteroatoms. The average Bonchev–Trinajstić information content (AvgIpc) is 3.28. The summed E-state index contributed by atoms with van der Waals surface area (Å²) in [5.41, 5.74) is 1.06. The molecule has 37 heavy (non-hydrogen) atoms. The van der Waals surface area contributed by atoms with Crippen LogP contribution in [0.15, 0.2) is 61.3 Å². The lowest BCUT2D eigenvalue weighted by molar-refractivity contribution is -0.274. The summed E-state index contributed by atoms with van der Waals surface area (Å²) in [5, 5.41) is 15.3. The lowest BCUT2D eigenvalue weighted by Gasteiger charge is -2.39. The van der Waals surface area contributed by atoms with E-state index in [-0.39, 0.29) is 35.7 Å². The summed E-state index contributed by atoms with van der Waals surface area (Å²) in [6, 6.07) is 6.25. The standard InChI is InChI=1S/C23H18F6N6O2/c1-12(24)21(36)34-9-14(10-34)19(30)18-17(13-8-32-35(11-13)22(25)26)6-7-31-20(18)33-15-2-4-16(5-3-15)37-23(27,28)29/h2-8,11,14,22,30H,1,9-10H2,(H,31,33). The number of hydrogen-bond donors (Lipinski definition) is 2. The maximum absolute atomic E-state index is 13.2. The van der Waals surface area contributed by atoms with Crippen LogP contribution in [0.25, 0.3) is 11.1 Å². The molecule has 0 spiro atoms. The van der Waals surface area contributed by atoms with Crippen molar-refractivity contribution in [2.45, 2.75) is 12.9 Å². The summed E-state index contributed by atoms with van der Waals surface area (Å²) < 4.78 is 81.1.